The number of esters is 1. The molecule has 0 heterocycles. The van der Waals surface area contributed by atoms with E-state index in [4.69, 9.17) is 9.47 Å². The van der Waals surface area contributed by atoms with Crippen LogP contribution in [0.1, 0.15) is 145 Å². The van der Waals surface area contributed by atoms with Crippen molar-refractivity contribution in [3.05, 3.63) is 89.5 Å². The molecule has 3 nitrogen and oxygen atoms in total. The van der Waals surface area contributed by atoms with Crippen LogP contribution in [0.3, 0.4) is 0 Å². The van der Waals surface area contributed by atoms with Crippen LogP contribution in [0.25, 0.3) is 11.1 Å². The van der Waals surface area contributed by atoms with E-state index in [0.717, 1.165) is 49.0 Å². The first kappa shape index (κ1) is 33.6. The van der Waals surface area contributed by atoms with Crippen molar-refractivity contribution in [2.24, 2.45) is 0 Å². The second-order valence-corrected chi connectivity index (χ2v) is 11.7. The summed E-state index contributed by atoms with van der Waals surface area (Å²) in [6.45, 7) is 9.66. The summed E-state index contributed by atoms with van der Waals surface area (Å²) in [5.74, 6) is 0.801. The zero-order chi connectivity index (χ0) is 30.0. The van der Waals surface area contributed by atoms with Gasteiger partial charge in [-0.25, -0.2) is 4.79 Å². The Morgan fingerprint density at radius 2 is 1.24 bits per heavy atom. The molecule has 2 atom stereocenters. The molecule has 0 spiro atoms. The highest BCUT2D eigenvalue weighted by Crippen LogP contribution is 2.34. The summed E-state index contributed by atoms with van der Waals surface area (Å²) in [7, 11) is 0. The van der Waals surface area contributed by atoms with E-state index in [1.54, 1.807) is 0 Å². The fourth-order valence-electron chi connectivity index (χ4n) is 5.66. The lowest BCUT2D eigenvalue weighted by Crippen LogP contribution is -2.11. The van der Waals surface area contributed by atoms with Crippen LogP contribution in [0.5, 0.6) is 5.75 Å². The Morgan fingerprint density at radius 1 is 0.643 bits per heavy atom. The third-order valence-corrected chi connectivity index (χ3v) is 8.30. The molecule has 0 N–H and O–H groups in total. The maximum atomic E-state index is 13.1. The van der Waals surface area contributed by atoms with Gasteiger partial charge in [-0.1, -0.05) is 140 Å². The zero-order valence-electron chi connectivity index (χ0n) is 26.7. The maximum Gasteiger partial charge on any atom is 0.343 e. The van der Waals surface area contributed by atoms with Crippen LogP contribution in [0.2, 0.25) is 0 Å². The number of rotatable bonds is 20. The van der Waals surface area contributed by atoms with Crippen LogP contribution >= 0.6 is 0 Å². The lowest BCUT2D eigenvalue weighted by molar-refractivity contribution is 0.0627. The molecule has 0 saturated carbocycles. The minimum Gasteiger partial charge on any atom is -0.423 e. The van der Waals surface area contributed by atoms with E-state index in [9.17, 15) is 4.79 Å². The smallest absolute Gasteiger partial charge is 0.343 e. The summed E-state index contributed by atoms with van der Waals surface area (Å²) in [6, 6.07) is 24.4. The predicted octanol–water partition coefficient (Wildman–Crippen LogP) is 11.9. The summed E-state index contributed by atoms with van der Waals surface area (Å²) < 4.78 is 12.1. The van der Waals surface area contributed by atoms with Gasteiger partial charge < -0.3 is 9.47 Å². The normalized spacial score (nSPS) is 12.7. The van der Waals surface area contributed by atoms with E-state index in [-0.39, 0.29) is 12.1 Å². The van der Waals surface area contributed by atoms with Crippen molar-refractivity contribution in [2.75, 3.05) is 6.61 Å². The molecular formula is C39H54O3. The molecule has 3 aromatic rings. The highest BCUT2D eigenvalue weighted by atomic mass is 16.5. The first-order chi connectivity index (χ1) is 20.6. The van der Waals surface area contributed by atoms with Gasteiger partial charge in [-0.15, -0.1) is 0 Å². The summed E-state index contributed by atoms with van der Waals surface area (Å²) in [5, 5.41) is 0. The summed E-state index contributed by atoms with van der Waals surface area (Å²) in [5.41, 5.74) is 5.10. The minimum absolute atomic E-state index is 0.0857. The molecule has 0 bridgehead atoms. The Labute approximate surface area is 256 Å². The number of ether oxygens (including phenoxy) is 2. The number of para-hydroxylation sites is 1. The first-order valence-corrected chi connectivity index (χ1v) is 16.7. The van der Waals surface area contributed by atoms with Crippen molar-refractivity contribution in [2.45, 2.75) is 123 Å². The molecule has 0 saturated heterocycles. The van der Waals surface area contributed by atoms with Gasteiger partial charge in [-0.3, -0.25) is 0 Å². The fourth-order valence-corrected chi connectivity index (χ4v) is 5.66. The van der Waals surface area contributed by atoms with Crippen molar-refractivity contribution in [3.8, 4) is 16.9 Å². The van der Waals surface area contributed by atoms with Gasteiger partial charge in [0.25, 0.3) is 0 Å². The molecule has 0 aliphatic carbocycles. The number of benzene rings is 3. The van der Waals surface area contributed by atoms with Gasteiger partial charge in [-0.2, -0.15) is 0 Å². The second kappa shape index (κ2) is 19.3. The highest BCUT2D eigenvalue weighted by Gasteiger charge is 2.18. The van der Waals surface area contributed by atoms with Gasteiger partial charge >= 0.3 is 5.97 Å². The lowest BCUT2D eigenvalue weighted by Gasteiger charge is -2.19. The third kappa shape index (κ3) is 11.1. The molecule has 42 heavy (non-hydrogen) atoms. The van der Waals surface area contributed by atoms with Crippen molar-refractivity contribution in [3.63, 3.8) is 0 Å². The van der Waals surface area contributed by atoms with E-state index in [2.05, 4.69) is 58.0 Å². The van der Waals surface area contributed by atoms with E-state index >= 15 is 0 Å². The molecular weight excluding hydrogens is 516 g/mol. The monoisotopic (exact) mass is 570 g/mol. The molecule has 2 unspecified atom stereocenters. The van der Waals surface area contributed by atoms with Crippen LogP contribution < -0.4 is 4.74 Å². The minimum atomic E-state index is -0.308. The van der Waals surface area contributed by atoms with Crippen molar-refractivity contribution in [1.82, 2.24) is 0 Å². The molecule has 0 fully saturated rings. The first-order valence-electron chi connectivity index (χ1n) is 16.7. The van der Waals surface area contributed by atoms with Crippen LogP contribution in [0, 0.1) is 0 Å². The third-order valence-electron chi connectivity index (χ3n) is 8.30. The van der Waals surface area contributed by atoms with Crippen LogP contribution in [-0.4, -0.2) is 12.6 Å². The molecule has 0 aliphatic rings. The largest absolute Gasteiger partial charge is 0.423 e. The molecule has 3 aromatic carbocycles. The molecule has 3 rings (SSSR count). The van der Waals surface area contributed by atoms with Crippen molar-refractivity contribution in [1.29, 1.82) is 0 Å². The van der Waals surface area contributed by atoms with Crippen LogP contribution in [-0.2, 0) is 4.74 Å². The predicted molar refractivity (Wildman–Crippen MR) is 177 cm³/mol. The number of unbranched alkanes of at least 4 members (excludes halogenated alkanes) is 8. The summed E-state index contributed by atoms with van der Waals surface area (Å²) >= 11 is 0. The highest BCUT2D eigenvalue weighted by molar-refractivity contribution is 5.91. The lowest BCUT2D eigenvalue weighted by atomic mass is 9.89. The molecule has 3 heteroatoms. The van der Waals surface area contributed by atoms with E-state index in [1.807, 2.05) is 42.5 Å². The Kier molecular flexibility index (Phi) is 15.4. The zero-order valence-corrected chi connectivity index (χ0v) is 26.7. The van der Waals surface area contributed by atoms with Crippen LogP contribution in [0.15, 0.2) is 72.8 Å². The SMILES string of the molecule is CCCCCCCCCCOC(C)c1ccc(-c2ccc(C(=O)Oc3ccccc3C(CCC)CCCC)cc2)cc1. The molecule has 0 amide bonds. The molecule has 0 aromatic heterocycles. The average molecular weight is 571 g/mol. The number of carbonyl (C=O) groups is 1. The Balaban J connectivity index is 1.51. The van der Waals surface area contributed by atoms with E-state index in [1.165, 1.54) is 63.4 Å². The number of hydrogen-bond donors (Lipinski definition) is 0. The summed E-state index contributed by atoms with van der Waals surface area (Å²) in [4.78, 5) is 13.1. The molecule has 228 valence electrons. The quantitative estimate of drug-likeness (QED) is 0.0770. The van der Waals surface area contributed by atoms with Gasteiger partial charge in [0.15, 0.2) is 0 Å². The average Bonchev–Trinajstić information content (AvgIpc) is 3.02. The van der Waals surface area contributed by atoms with Gasteiger partial charge in [-0.05, 0) is 72.6 Å². The van der Waals surface area contributed by atoms with Gasteiger partial charge in [0, 0.05) is 6.61 Å². The maximum absolute atomic E-state index is 13.1. The van der Waals surface area contributed by atoms with E-state index in [0.29, 0.717) is 17.2 Å². The molecule has 0 radical (unpaired) electrons. The van der Waals surface area contributed by atoms with Gasteiger partial charge in [0.1, 0.15) is 5.75 Å². The van der Waals surface area contributed by atoms with Gasteiger partial charge in [0.05, 0.1) is 11.7 Å². The second-order valence-electron chi connectivity index (χ2n) is 11.7. The topological polar surface area (TPSA) is 35.5 Å². The standard InChI is InChI=1S/C39H54O3/c1-5-8-10-11-12-13-14-17-30-41-31(4)32-22-24-33(25-23-32)34-26-28-36(29-27-34)39(40)42-38-21-16-15-20-37(38)35(18-7-3)19-9-6-2/h15-16,20-29,31,35H,5-14,17-19,30H2,1-4H3. The van der Waals surface area contributed by atoms with Crippen molar-refractivity contribution < 1.29 is 14.3 Å². The number of carbonyl (C=O) groups excluding carboxylic acids is 1. The molecule has 0 aliphatic heterocycles. The van der Waals surface area contributed by atoms with Crippen molar-refractivity contribution >= 4 is 5.97 Å². The Bertz CT molecular complexity index is 1150. The Morgan fingerprint density at radius 3 is 1.88 bits per heavy atom. The Hall–Kier alpha value is -2.91. The van der Waals surface area contributed by atoms with E-state index < -0.39 is 0 Å². The fraction of sp³-hybridized carbons (Fsp3) is 0.513. The van der Waals surface area contributed by atoms with Gasteiger partial charge in [0.2, 0.25) is 0 Å². The summed E-state index contributed by atoms with van der Waals surface area (Å²) in [6.07, 6.45) is 16.3. The van der Waals surface area contributed by atoms with Crippen LogP contribution in [0.4, 0.5) is 0 Å². The number of hydrogen-bond acceptors (Lipinski definition) is 3.